The van der Waals surface area contributed by atoms with Crippen LogP contribution in [0.1, 0.15) is 56.1 Å². The summed E-state index contributed by atoms with van der Waals surface area (Å²) >= 11 is 6.07. The van der Waals surface area contributed by atoms with Gasteiger partial charge in [0.1, 0.15) is 5.75 Å². The molecule has 33 heavy (non-hydrogen) atoms. The van der Waals surface area contributed by atoms with Gasteiger partial charge in [0, 0.05) is 23.0 Å². The molecule has 2 unspecified atom stereocenters. The van der Waals surface area contributed by atoms with Crippen LogP contribution in [0.15, 0.2) is 48.5 Å². The molecule has 0 aromatic heterocycles. The molecular weight excluding hydrogens is 451 g/mol. The monoisotopic (exact) mass is 481 g/mol. The Hall–Kier alpha value is -1.76. The van der Waals surface area contributed by atoms with Crippen molar-refractivity contribution in [1.29, 1.82) is 0 Å². The number of β-amino-alcohol motifs (C(OH)–C–C–N with tert-alkyl or cyclic N) is 1. The van der Waals surface area contributed by atoms with E-state index in [1.807, 2.05) is 24.3 Å². The lowest BCUT2D eigenvalue weighted by Crippen LogP contribution is -2.53. The molecule has 1 saturated heterocycles. The predicted octanol–water partition coefficient (Wildman–Crippen LogP) is 6.47. The predicted molar refractivity (Wildman–Crippen MR) is 124 cm³/mol. The summed E-state index contributed by atoms with van der Waals surface area (Å²) in [4.78, 5) is 2.38. The number of piperidine rings is 1. The zero-order chi connectivity index (χ0) is 23.5. The van der Waals surface area contributed by atoms with Crippen molar-refractivity contribution in [3.8, 4) is 5.75 Å². The maximum Gasteiger partial charge on any atom is 0.416 e. The first-order valence-corrected chi connectivity index (χ1v) is 12.1. The molecule has 180 valence electrons. The van der Waals surface area contributed by atoms with Crippen LogP contribution in [0, 0.1) is 0 Å². The average molecular weight is 482 g/mol. The zero-order valence-corrected chi connectivity index (χ0v) is 19.4. The van der Waals surface area contributed by atoms with E-state index >= 15 is 0 Å². The van der Waals surface area contributed by atoms with Gasteiger partial charge in [0.2, 0.25) is 0 Å². The average Bonchev–Trinajstić information content (AvgIpc) is 2.75. The summed E-state index contributed by atoms with van der Waals surface area (Å²) in [6.45, 7) is 2.00. The third-order valence-electron chi connectivity index (χ3n) is 7.36. The first kappa shape index (κ1) is 24.4. The summed E-state index contributed by atoms with van der Waals surface area (Å²) in [5, 5.41) is 12.0. The molecule has 2 atom stereocenters. The van der Waals surface area contributed by atoms with Crippen LogP contribution in [0.2, 0.25) is 5.02 Å². The van der Waals surface area contributed by atoms with Gasteiger partial charge in [-0.15, -0.1) is 0 Å². The summed E-state index contributed by atoms with van der Waals surface area (Å²) in [5.74, 6) is 0.446. The summed E-state index contributed by atoms with van der Waals surface area (Å²) in [6, 6.07) is 13.0. The van der Waals surface area contributed by atoms with Gasteiger partial charge in [0.25, 0.3) is 0 Å². The first-order chi connectivity index (χ1) is 15.8. The fourth-order valence-corrected chi connectivity index (χ4v) is 5.36. The van der Waals surface area contributed by atoms with Crippen LogP contribution in [0.5, 0.6) is 5.75 Å². The van der Waals surface area contributed by atoms with Gasteiger partial charge in [-0.1, -0.05) is 36.6 Å². The molecule has 1 N–H and O–H groups in total. The van der Waals surface area contributed by atoms with Gasteiger partial charge in [-0.3, -0.25) is 4.90 Å². The molecule has 1 aliphatic carbocycles. The second kappa shape index (κ2) is 10.2. The molecule has 2 aliphatic rings. The maximum atomic E-state index is 12.7. The van der Waals surface area contributed by atoms with Gasteiger partial charge in [0.15, 0.2) is 0 Å². The highest BCUT2D eigenvalue weighted by Crippen LogP contribution is 2.47. The van der Waals surface area contributed by atoms with Crippen molar-refractivity contribution in [3.05, 3.63) is 64.7 Å². The van der Waals surface area contributed by atoms with Crippen LogP contribution in [-0.4, -0.2) is 41.8 Å². The highest BCUT2D eigenvalue weighted by molar-refractivity contribution is 6.30. The van der Waals surface area contributed by atoms with E-state index in [1.54, 1.807) is 0 Å². The molecular formula is C26H31ClF3NO2. The Balaban J connectivity index is 1.34. The van der Waals surface area contributed by atoms with Crippen molar-refractivity contribution < 1.29 is 23.0 Å². The molecule has 7 heteroatoms. The van der Waals surface area contributed by atoms with E-state index < -0.39 is 17.8 Å². The number of aliphatic hydroxyl groups is 1. The number of benzene rings is 2. The van der Waals surface area contributed by atoms with Crippen LogP contribution in [-0.2, 0) is 11.6 Å². The largest absolute Gasteiger partial charge is 0.494 e. The number of likely N-dealkylation sites (tertiary alicyclic amines) is 1. The Labute approximate surface area is 198 Å². The van der Waals surface area contributed by atoms with E-state index in [1.165, 1.54) is 12.1 Å². The SMILES string of the molecule is OC(CN1CCCCC1CCOc1ccc(C(F)(F)F)cc1)C1(c2ccc(Cl)cc2)CCC1. The van der Waals surface area contributed by atoms with Crippen molar-refractivity contribution in [2.75, 3.05) is 19.7 Å². The minimum absolute atomic E-state index is 0.205. The molecule has 0 radical (unpaired) electrons. The standard InChI is InChI=1S/C26H31ClF3NO2/c27-21-9-5-19(6-10-21)25(14-3-15-25)24(32)18-31-16-2-1-4-22(31)13-17-33-23-11-7-20(8-12-23)26(28,29)30/h5-12,22,24,32H,1-4,13-18H2. The van der Waals surface area contributed by atoms with Gasteiger partial charge in [-0.2, -0.15) is 13.2 Å². The number of alkyl halides is 3. The number of rotatable bonds is 8. The van der Waals surface area contributed by atoms with Crippen molar-refractivity contribution in [1.82, 2.24) is 4.90 Å². The summed E-state index contributed by atoms with van der Waals surface area (Å²) in [6.07, 6.45) is 2.34. The molecule has 3 nitrogen and oxygen atoms in total. The molecule has 1 heterocycles. The van der Waals surface area contributed by atoms with Crippen LogP contribution in [0.4, 0.5) is 13.2 Å². The van der Waals surface area contributed by atoms with Crippen molar-refractivity contribution >= 4 is 11.6 Å². The number of hydrogen-bond acceptors (Lipinski definition) is 3. The van der Waals surface area contributed by atoms with Gasteiger partial charge >= 0.3 is 6.18 Å². The number of aliphatic hydroxyl groups excluding tert-OH is 1. The fourth-order valence-electron chi connectivity index (χ4n) is 5.23. The van der Waals surface area contributed by atoms with E-state index in [-0.39, 0.29) is 5.41 Å². The van der Waals surface area contributed by atoms with Gasteiger partial charge in [-0.25, -0.2) is 0 Å². The highest BCUT2D eigenvalue weighted by Gasteiger charge is 2.45. The minimum atomic E-state index is -4.34. The Kier molecular flexibility index (Phi) is 7.56. The summed E-state index contributed by atoms with van der Waals surface area (Å²) < 4.78 is 43.9. The number of halogens is 4. The lowest BCUT2D eigenvalue weighted by atomic mass is 9.61. The molecule has 1 saturated carbocycles. The molecule has 2 aromatic rings. The van der Waals surface area contributed by atoms with E-state index in [0.717, 1.165) is 69.2 Å². The van der Waals surface area contributed by atoms with Crippen LogP contribution < -0.4 is 4.74 Å². The summed E-state index contributed by atoms with van der Waals surface area (Å²) in [5.41, 5.74) is 0.279. The Morgan fingerprint density at radius 1 is 1.03 bits per heavy atom. The highest BCUT2D eigenvalue weighted by atomic mass is 35.5. The van der Waals surface area contributed by atoms with Gasteiger partial charge < -0.3 is 9.84 Å². The van der Waals surface area contributed by atoms with Crippen LogP contribution >= 0.6 is 11.6 Å². The Morgan fingerprint density at radius 2 is 1.73 bits per heavy atom. The fraction of sp³-hybridized carbons (Fsp3) is 0.538. The van der Waals surface area contributed by atoms with E-state index in [9.17, 15) is 18.3 Å². The molecule has 0 spiro atoms. The van der Waals surface area contributed by atoms with E-state index in [0.29, 0.717) is 30.0 Å². The van der Waals surface area contributed by atoms with E-state index in [2.05, 4.69) is 4.90 Å². The number of hydrogen-bond donors (Lipinski definition) is 1. The Bertz CT molecular complexity index is 897. The lowest BCUT2D eigenvalue weighted by Gasteiger charge is -2.48. The molecule has 1 aliphatic heterocycles. The van der Waals surface area contributed by atoms with Crippen molar-refractivity contribution in [2.24, 2.45) is 0 Å². The Morgan fingerprint density at radius 3 is 2.33 bits per heavy atom. The van der Waals surface area contributed by atoms with Crippen molar-refractivity contribution in [2.45, 2.75) is 68.7 Å². The minimum Gasteiger partial charge on any atom is -0.494 e. The first-order valence-electron chi connectivity index (χ1n) is 11.8. The van der Waals surface area contributed by atoms with Crippen LogP contribution in [0.25, 0.3) is 0 Å². The second-order valence-electron chi connectivity index (χ2n) is 9.34. The molecule has 2 aromatic carbocycles. The third kappa shape index (κ3) is 5.67. The zero-order valence-electron chi connectivity index (χ0n) is 18.7. The quantitative estimate of drug-likeness (QED) is 0.469. The normalized spacial score (nSPS) is 21.9. The van der Waals surface area contributed by atoms with Crippen LogP contribution in [0.3, 0.4) is 0 Å². The van der Waals surface area contributed by atoms with Gasteiger partial charge in [-0.05, 0) is 80.6 Å². The lowest BCUT2D eigenvalue weighted by molar-refractivity contribution is -0.137. The number of ether oxygens (including phenoxy) is 1. The molecule has 2 fully saturated rings. The van der Waals surface area contributed by atoms with Crippen molar-refractivity contribution in [3.63, 3.8) is 0 Å². The second-order valence-corrected chi connectivity index (χ2v) is 9.77. The summed E-state index contributed by atoms with van der Waals surface area (Å²) in [7, 11) is 0. The molecule has 0 bridgehead atoms. The molecule has 4 rings (SSSR count). The maximum absolute atomic E-state index is 12.7. The van der Waals surface area contributed by atoms with E-state index in [4.69, 9.17) is 16.3 Å². The number of nitrogens with zero attached hydrogens (tertiary/aromatic N) is 1. The molecule has 0 amide bonds. The smallest absolute Gasteiger partial charge is 0.416 e. The topological polar surface area (TPSA) is 32.7 Å². The van der Waals surface area contributed by atoms with Gasteiger partial charge in [0.05, 0.1) is 18.3 Å². The third-order valence-corrected chi connectivity index (χ3v) is 7.61.